The van der Waals surface area contributed by atoms with E-state index in [2.05, 4.69) is 10.7 Å². The lowest BCUT2D eigenvalue weighted by Gasteiger charge is -2.08. The molecule has 0 atom stereocenters. The van der Waals surface area contributed by atoms with E-state index in [0.717, 1.165) is 11.3 Å². The number of amides is 1. The first kappa shape index (κ1) is 13.4. The van der Waals surface area contributed by atoms with Crippen molar-refractivity contribution >= 4 is 28.9 Å². The molecule has 2 aromatic rings. The average molecular weight is 276 g/mol. The lowest BCUT2D eigenvalue weighted by molar-refractivity contribution is 0.102. The molecule has 4 N–H and O–H groups in total. The second kappa shape index (κ2) is 5.73. The van der Waals surface area contributed by atoms with Gasteiger partial charge in [-0.15, -0.1) is 0 Å². The van der Waals surface area contributed by atoms with Crippen molar-refractivity contribution in [3.63, 3.8) is 0 Å². The molecule has 2 aromatic carbocycles. The summed E-state index contributed by atoms with van der Waals surface area (Å²) in [7, 11) is 0. The van der Waals surface area contributed by atoms with Crippen molar-refractivity contribution in [1.29, 1.82) is 0 Å². The summed E-state index contributed by atoms with van der Waals surface area (Å²) in [5.74, 6) is 5.18. The van der Waals surface area contributed by atoms with E-state index < -0.39 is 0 Å². The topological polar surface area (TPSA) is 67.2 Å². The molecule has 1 amide bonds. The Hall–Kier alpha value is -2.04. The van der Waals surface area contributed by atoms with Gasteiger partial charge in [0, 0.05) is 16.3 Å². The van der Waals surface area contributed by atoms with Crippen LogP contribution < -0.4 is 16.6 Å². The third kappa shape index (κ3) is 3.24. The highest BCUT2D eigenvalue weighted by Crippen LogP contribution is 2.18. The summed E-state index contributed by atoms with van der Waals surface area (Å²) in [4.78, 5) is 12.1. The SMILES string of the molecule is Cc1cc(C(=O)Nc2ccc(Cl)cc2)ccc1NN. The normalized spacial score (nSPS) is 10.1. The van der Waals surface area contributed by atoms with Crippen molar-refractivity contribution in [3.05, 3.63) is 58.6 Å². The van der Waals surface area contributed by atoms with E-state index in [-0.39, 0.29) is 5.91 Å². The number of hydrogen-bond acceptors (Lipinski definition) is 3. The van der Waals surface area contributed by atoms with Crippen molar-refractivity contribution in [3.8, 4) is 0 Å². The van der Waals surface area contributed by atoms with Crippen LogP contribution in [-0.2, 0) is 0 Å². The number of nitrogens with one attached hydrogen (secondary N) is 2. The van der Waals surface area contributed by atoms with Gasteiger partial charge in [0.2, 0.25) is 0 Å². The van der Waals surface area contributed by atoms with Gasteiger partial charge in [-0.05, 0) is 55.0 Å². The maximum atomic E-state index is 12.1. The van der Waals surface area contributed by atoms with Gasteiger partial charge in [0.25, 0.3) is 5.91 Å². The zero-order valence-corrected chi connectivity index (χ0v) is 11.2. The predicted octanol–water partition coefficient (Wildman–Crippen LogP) is 3.19. The maximum absolute atomic E-state index is 12.1. The van der Waals surface area contributed by atoms with Crippen molar-refractivity contribution in [1.82, 2.24) is 0 Å². The van der Waals surface area contributed by atoms with E-state index in [1.54, 1.807) is 42.5 Å². The van der Waals surface area contributed by atoms with Gasteiger partial charge in [-0.2, -0.15) is 0 Å². The van der Waals surface area contributed by atoms with Crippen molar-refractivity contribution in [2.75, 3.05) is 10.7 Å². The molecular weight excluding hydrogens is 262 g/mol. The maximum Gasteiger partial charge on any atom is 0.255 e. The molecule has 0 radical (unpaired) electrons. The first-order chi connectivity index (χ1) is 9.10. The van der Waals surface area contributed by atoms with Gasteiger partial charge in [0.15, 0.2) is 0 Å². The number of carbonyl (C=O) groups excluding carboxylic acids is 1. The van der Waals surface area contributed by atoms with E-state index in [9.17, 15) is 4.79 Å². The average Bonchev–Trinajstić information content (AvgIpc) is 2.41. The molecule has 5 heteroatoms. The first-order valence-corrected chi connectivity index (χ1v) is 6.12. The van der Waals surface area contributed by atoms with Crippen LogP contribution in [0.3, 0.4) is 0 Å². The zero-order valence-electron chi connectivity index (χ0n) is 10.4. The minimum atomic E-state index is -0.172. The molecule has 98 valence electrons. The number of aryl methyl sites for hydroxylation is 1. The fourth-order valence-electron chi connectivity index (χ4n) is 1.70. The van der Waals surface area contributed by atoms with Gasteiger partial charge in [-0.1, -0.05) is 11.6 Å². The van der Waals surface area contributed by atoms with Gasteiger partial charge >= 0.3 is 0 Å². The Kier molecular flexibility index (Phi) is 4.04. The number of hydrogen-bond donors (Lipinski definition) is 3. The van der Waals surface area contributed by atoms with Crippen LogP contribution in [0, 0.1) is 6.92 Å². The van der Waals surface area contributed by atoms with E-state index in [1.165, 1.54) is 0 Å². The molecule has 0 aromatic heterocycles. The highest BCUT2D eigenvalue weighted by Gasteiger charge is 2.07. The molecule has 0 fully saturated rings. The van der Waals surface area contributed by atoms with Gasteiger partial charge in [-0.3, -0.25) is 10.6 Å². The highest BCUT2D eigenvalue weighted by molar-refractivity contribution is 6.30. The number of carbonyl (C=O) groups is 1. The number of rotatable bonds is 3. The summed E-state index contributed by atoms with van der Waals surface area (Å²) < 4.78 is 0. The molecule has 0 aliphatic heterocycles. The fourth-order valence-corrected chi connectivity index (χ4v) is 1.83. The van der Waals surface area contributed by atoms with E-state index in [4.69, 9.17) is 17.4 Å². The lowest BCUT2D eigenvalue weighted by Crippen LogP contribution is -2.13. The number of hydrazine groups is 1. The Labute approximate surface area is 116 Å². The van der Waals surface area contributed by atoms with Crippen LogP contribution in [0.5, 0.6) is 0 Å². The highest BCUT2D eigenvalue weighted by atomic mass is 35.5. The third-order valence-corrected chi connectivity index (χ3v) is 3.00. The van der Waals surface area contributed by atoms with Crippen molar-refractivity contribution in [2.45, 2.75) is 6.92 Å². The summed E-state index contributed by atoms with van der Waals surface area (Å²) >= 11 is 5.79. The predicted molar refractivity (Wildman–Crippen MR) is 78.4 cm³/mol. The molecular formula is C14H14ClN3O. The van der Waals surface area contributed by atoms with E-state index in [1.807, 2.05) is 6.92 Å². The Morgan fingerprint density at radius 1 is 1.16 bits per heavy atom. The number of benzene rings is 2. The summed E-state index contributed by atoms with van der Waals surface area (Å²) in [6.07, 6.45) is 0. The summed E-state index contributed by atoms with van der Waals surface area (Å²) in [5.41, 5.74) is 5.55. The Balaban J connectivity index is 2.16. The molecule has 0 bridgehead atoms. The molecule has 0 aliphatic rings. The van der Waals surface area contributed by atoms with Crippen molar-refractivity contribution in [2.24, 2.45) is 5.84 Å². The minimum Gasteiger partial charge on any atom is -0.324 e. The quantitative estimate of drug-likeness (QED) is 0.595. The van der Waals surface area contributed by atoms with Gasteiger partial charge in [-0.25, -0.2) is 0 Å². The number of nitrogen functional groups attached to an aromatic ring is 1. The van der Waals surface area contributed by atoms with Crippen LogP contribution in [0.2, 0.25) is 5.02 Å². The zero-order chi connectivity index (χ0) is 13.8. The molecule has 2 rings (SSSR count). The second-order valence-electron chi connectivity index (χ2n) is 4.14. The van der Waals surface area contributed by atoms with Crippen LogP contribution in [0.15, 0.2) is 42.5 Å². The van der Waals surface area contributed by atoms with Crippen LogP contribution in [-0.4, -0.2) is 5.91 Å². The number of halogens is 1. The molecule has 0 aliphatic carbocycles. The standard InChI is InChI=1S/C14H14ClN3O/c1-9-8-10(2-7-13(9)18-16)14(19)17-12-5-3-11(15)4-6-12/h2-8,18H,16H2,1H3,(H,17,19). The molecule has 0 unspecified atom stereocenters. The molecule has 0 saturated carbocycles. The van der Waals surface area contributed by atoms with Crippen LogP contribution in [0.4, 0.5) is 11.4 Å². The molecule has 0 spiro atoms. The van der Waals surface area contributed by atoms with Gasteiger partial charge < -0.3 is 10.7 Å². The van der Waals surface area contributed by atoms with E-state index in [0.29, 0.717) is 16.3 Å². The molecule has 4 nitrogen and oxygen atoms in total. The van der Waals surface area contributed by atoms with Gasteiger partial charge in [0.05, 0.1) is 5.69 Å². The molecule has 0 heterocycles. The minimum absolute atomic E-state index is 0.172. The number of nitrogens with two attached hydrogens (primary N) is 1. The second-order valence-corrected chi connectivity index (χ2v) is 4.57. The number of anilines is 2. The Morgan fingerprint density at radius 2 is 1.84 bits per heavy atom. The smallest absolute Gasteiger partial charge is 0.255 e. The summed E-state index contributed by atoms with van der Waals surface area (Å²) in [6.45, 7) is 1.88. The van der Waals surface area contributed by atoms with Crippen LogP contribution >= 0.6 is 11.6 Å². The first-order valence-electron chi connectivity index (χ1n) is 5.74. The van der Waals surface area contributed by atoms with E-state index >= 15 is 0 Å². The lowest BCUT2D eigenvalue weighted by atomic mass is 10.1. The summed E-state index contributed by atoms with van der Waals surface area (Å²) in [6, 6.07) is 12.2. The third-order valence-electron chi connectivity index (χ3n) is 2.75. The largest absolute Gasteiger partial charge is 0.324 e. The fraction of sp³-hybridized carbons (Fsp3) is 0.0714. The van der Waals surface area contributed by atoms with Crippen LogP contribution in [0.1, 0.15) is 15.9 Å². The summed E-state index contributed by atoms with van der Waals surface area (Å²) in [5, 5.41) is 3.43. The van der Waals surface area contributed by atoms with Crippen LogP contribution in [0.25, 0.3) is 0 Å². The monoisotopic (exact) mass is 275 g/mol. The molecule has 0 saturated heterocycles. The van der Waals surface area contributed by atoms with Crippen molar-refractivity contribution < 1.29 is 4.79 Å². The van der Waals surface area contributed by atoms with Gasteiger partial charge in [0.1, 0.15) is 0 Å². The Bertz CT molecular complexity index is 596. The molecule has 19 heavy (non-hydrogen) atoms. The Morgan fingerprint density at radius 3 is 2.42 bits per heavy atom.